The van der Waals surface area contributed by atoms with Gasteiger partial charge in [0.15, 0.2) is 0 Å². The van der Waals surface area contributed by atoms with Crippen LogP contribution < -0.4 is 10.6 Å². The first-order chi connectivity index (χ1) is 9.64. The Morgan fingerprint density at radius 3 is 2.25 bits per heavy atom. The van der Waals surface area contributed by atoms with E-state index in [2.05, 4.69) is 10.6 Å². The van der Waals surface area contributed by atoms with Gasteiger partial charge in [-0.15, -0.1) is 0 Å². The molecule has 2 amide bonds. The third kappa shape index (κ3) is 1.95. The molecule has 0 aromatic rings. The van der Waals surface area contributed by atoms with Crippen molar-refractivity contribution in [2.24, 2.45) is 23.2 Å². The maximum absolute atomic E-state index is 12.8. The van der Waals surface area contributed by atoms with E-state index < -0.39 is 0 Å². The Morgan fingerprint density at radius 2 is 1.70 bits per heavy atom. The van der Waals surface area contributed by atoms with Gasteiger partial charge in [0.1, 0.15) is 6.04 Å². The van der Waals surface area contributed by atoms with E-state index in [9.17, 15) is 9.59 Å². The van der Waals surface area contributed by atoms with Crippen LogP contribution in [0.15, 0.2) is 0 Å². The van der Waals surface area contributed by atoms with E-state index in [0.29, 0.717) is 0 Å². The van der Waals surface area contributed by atoms with Gasteiger partial charge in [0.25, 0.3) is 0 Å². The molecule has 1 heterocycles. The number of carbonyl (C=O) groups is 2. The fourth-order valence-electron chi connectivity index (χ4n) is 5.61. The Hall–Kier alpha value is -1.06. The monoisotopic (exact) mass is 276 g/mol. The lowest BCUT2D eigenvalue weighted by Gasteiger charge is -2.55. The minimum Gasteiger partial charge on any atom is -0.354 e. The number of rotatable bonds is 2. The number of hydrogen-bond acceptors (Lipinski definition) is 2. The van der Waals surface area contributed by atoms with Crippen LogP contribution >= 0.6 is 0 Å². The number of piperidine rings is 1. The molecule has 110 valence electrons. The van der Waals surface area contributed by atoms with E-state index in [1.54, 1.807) is 0 Å². The maximum Gasteiger partial charge on any atom is 0.242 e. The third-order valence-corrected chi connectivity index (χ3v) is 6.11. The molecule has 1 saturated heterocycles. The van der Waals surface area contributed by atoms with Gasteiger partial charge in [-0.05, 0) is 69.1 Å². The maximum atomic E-state index is 12.8. The third-order valence-electron chi connectivity index (χ3n) is 6.11. The molecule has 5 aliphatic rings. The first-order valence-electron chi connectivity index (χ1n) is 8.23. The van der Waals surface area contributed by atoms with Gasteiger partial charge in [0.05, 0.1) is 0 Å². The average molecular weight is 276 g/mol. The molecule has 0 radical (unpaired) electrons. The van der Waals surface area contributed by atoms with Crippen molar-refractivity contribution in [2.45, 2.75) is 57.4 Å². The first-order valence-corrected chi connectivity index (χ1v) is 8.23. The molecule has 1 aliphatic heterocycles. The van der Waals surface area contributed by atoms with E-state index in [1.807, 2.05) is 0 Å². The van der Waals surface area contributed by atoms with E-state index in [-0.39, 0.29) is 23.3 Å². The summed E-state index contributed by atoms with van der Waals surface area (Å²) in [6.45, 7) is 0.753. The predicted molar refractivity (Wildman–Crippen MR) is 74.8 cm³/mol. The number of hydrogen-bond donors (Lipinski definition) is 2. The second kappa shape index (κ2) is 4.47. The van der Waals surface area contributed by atoms with Crippen LogP contribution in [0, 0.1) is 23.2 Å². The van der Waals surface area contributed by atoms with E-state index in [4.69, 9.17) is 0 Å². The Morgan fingerprint density at radius 1 is 1.10 bits per heavy atom. The largest absolute Gasteiger partial charge is 0.354 e. The van der Waals surface area contributed by atoms with Gasteiger partial charge >= 0.3 is 0 Å². The van der Waals surface area contributed by atoms with Crippen molar-refractivity contribution in [3.8, 4) is 0 Å². The smallest absolute Gasteiger partial charge is 0.242 e. The van der Waals surface area contributed by atoms with Crippen molar-refractivity contribution in [3.63, 3.8) is 0 Å². The molecule has 4 bridgehead atoms. The van der Waals surface area contributed by atoms with Crippen LogP contribution in [0.25, 0.3) is 0 Å². The van der Waals surface area contributed by atoms with Crippen molar-refractivity contribution in [1.82, 2.24) is 10.6 Å². The lowest BCUT2D eigenvalue weighted by Crippen LogP contribution is -2.58. The summed E-state index contributed by atoms with van der Waals surface area (Å²) in [4.78, 5) is 24.7. The fourth-order valence-corrected chi connectivity index (χ4v) is 5.61. The molecule has 20 heavy (non-hydrogen) atoms. The van der Waals surface area contributed by atoms with Crippen molar-refractivity contribution in [1.29, 1.82) is 0 Å². The Kier molecular flexibility index (Phi) is 2.83. The summed E-state index contributed by atoms with van der Waals surface area (Å²) in [7, 11) is 0. The minimum atomic E-state index is -0.288. The molecule has 0 aromatic heterocycles. The standard InChI is InChI=1S/C16H24N2O2/c19-14-13(2-1-3-17-14)18-15(20)16-7-10-4-11(8-16)6-12(5-10)9-16/h10-13H,1-9H2,(H,17,19)(H,18,20). The van der Waals surface area contributed by atoms with Gasteiger partial charge in [0, 0.05) is 12.0 Å². The zero-order chi connectivity index (χ0) is 13.7. The van der Waals surface area contributed by atoms with Crippen LogP contribution in [0.2, 0.25) is 0 Å². The summed E-state index contributed by atoms with van der Waals surface area (Å²) in [6, 6.07) is -0.288. The van der Waals surface area contributed by atoms with Crippen LogP contribution in [0.1, 0.15) is 51.4 Å². The highest BCUT2D eigenvalue weighted by Gasteiger charge is 2.54. The lowest BCUT2D eigenvalue weighted by molar-refractivity contribution is -0.148. The highest BCUT2D eigenvalue weighted by Crippen LogP contribution is 2.60. The molecule has 1 atom stereocenters. The van der Waals surface area contributed by atoms with Gasteiger partial charge in [-0.1, -0.05) is 0 Å². The number of carbonyl (C=O) groups excluding carboxylic acids is 2. The van der Waals surface area contributed by atoms with Crippen LogP contribution in [-0.4, -0.2) is 24.4 Å². The first kappa shape index (κ1) is 12.7. The van der Waals surface area contributed by atoms with E-state index in [0.717, 1.165) is 56.4 Å². The van der Waals surface area contributed by atoms with Crippen molar-refractivity contribution in [3.05, 3.63) is 0 Å². The van der Waals surface area contributed by atoms with Gasteiger partial charge in [0.2, 0.25) is 11.8 Å². The molecule has 1 unspecified atom stereocenters. The molecule has 4 heteroatoms. The zero-order valence-electron chi connectivity index (χ0n) is 12.0. The topological polar surface area (TPSA) is 58.2 Å². The van der Waals surface area contributed by atoms with E-state index in [1.165, 1.54) is 19.3 Å². The SMILES string of the molecule is O=C1NCCCC1NC(=O)C12CC3CC(CC(C3)C1)C2. The molecule has 5 fully saturated rings. The number of nitrogens with one attached hydrogen (secondary N) is 2. The molecule has 4 saturated carbocycles. The molecule has 4 nitrogen and oxygen atoms in total. The summed E-state index contributed by atoms with van der Waals surface area (Å²) in [5, 5.41) is 5.93. The predicted octanol–water partition coefficient (Wildman–Crippen LogP) is 1.60. The van der Waals surface area contributed by atoms with Crippen LogP contribution in [0.5, 0.6) is 0 Å². The van der Waals surface area contributed by atoms with Gasteiger partial charge in [-0.2, -0.15) is 0 Å². The quantitative estimate of drug-likeness (QED) is 0.805. The Balaban J connectivity index is 1.49. The molecule has 5 rings (SSSR count). The number of amides is 2. The lowest BCUT2D eigenvalue weighted by atomic mass is 9.49. The molecule has 0 aromatic carbocycles. The van der Waals surface area contributed by atoms with Crippen LogP contribution in [-0.2, 0) is 9.59 Å². The summed E-state index contributed by atoms with van der Waals surface area (Å²) in [5.74, 6) is 2.50. The summed E-state index contributed by atoms with van der Waals surface area (Å²) in [5.41, 5.74) is -0.132. The fraction of sp³-hybridized carbons (Fsp3) is 0.875. The van der Waals surface area contributed by atoms with Gasteiger partial charge < -0.3 is 10.6 Å². The van der Waals surface area contributed by atoms with Gasteiger partial charge in [-0.25, -0.2) is 0 Å². The van der Waals surface area contributed by atoms with Crippen LogP contribution in [0.3, 0.4) is 0 Å². The second-order valence-corrected chi connectivity index (χ2v) is 7.66. The molecule has 2 N–H and O–H groups in total. The van der Waals surface area contributed by atoms with Crippen molar-refractivity contribution < 1.29 is 9.59 Å². The second-order valence-electron chi connectivity index (χ2n) is 7.66. The molecular weight excluding hydrogens is 252 g/mol. The van der Waals surface area contributed by atoms with Gasteiger partial charge in [-0.3, -0.25) is 9.59 Å². The normalized spacial score (nSPS) is 46.1. The highest BCUT2D eigenvalue weighted by atomic mass is 16.2. The van der Waals surface area contributed by atoms with Crippen LogP contribution in [0.4, 0.5) is 0 Å². The Bertz CT molecular complexity index is 410. The molecule has 0 spiro atoms. The minimum absolute atomic E-state index is 0.00864. The highest BCUT2D eigenvalue weighted by molar-refractivity contribution is 5.90. The summed E-state index contributed by atoms with van der Waals surface area (Å²) in [6.07, 6.45) is 9.00. The van der Waals surface area contributed by atoms with Crippen molar-refractivity contribution in [2.75, 3.05) is 6.54 Å². The Labute approximate surface area is 120 Å². The molecule has 4 aliphatic carbocycles. The van der Waals surface area contributed by atoms with E-state index >= 15 is 0 Å². The summed E-state index contributed by atoms with van der Waals surface area (Å²) >= 11 is 0. The average Bonchev–Trinajstić information content (AvgIpc) is 2.40. The zero-order valence-corrected chi connectivity index (χ0v) is 12.0. The molecular formula is C16H24N2O2. The summed E-state index contributed by atoms with van der Waals surface area (Å²) < 4.78 is 0. The van der Waals surface area contributed by atoms with Crippen molar-refractivity contribution >= 4 is 11.8 Å².